The number of nitrogens with zero attached hydrogens (tertiary/aromatic N) is 1. The van der Waals surface area contributed by atoms with Crippen molar-refractivity contribution >= 4 is 11.6 Å². The highest BCUT2D eigenvalue weighted by atomic mass is 16.1. The van der Waals surface area contributed by atoms with E-state index in [9.17, 15) is 4.79 Å². The van der Waals surface area contributed by atoms with Crippen LogP contribution in [0, 0.1) is 5.92 Å². The van der Waals surface area contributed by atoms with Crippen molar-refractivity contribution in [2.24, 2.45) is 5.92 Å². The number of benzene rings is 1. The molecule has 1 rings (SSSR count). The highest BCUT2D eigenvalue weighted by molar-refractivity contribution is 5.88. The van der Waals surface area contributed by atoms with Crippen LogP contribution in [0.5, 0.6) is 0 Å². The van der Waals surface area contributed by atoms with Gasteiger partial charge in [-0.3, -0.25) is 4.79 Å². The number of nitrogens with one attached hydrogen (secondary N) is 2. The predicted octanol–water partition coefficient (Wildman–Crippen LogP) is 3.27. The van der Waals surface area contributed by atoms with Gasteiger partial charge in [0.25, 0.3) is 0 Å². The van der Waals surface area contributed by atoms with E-state index < -0.39 is 0 Å². The molecule has 0 aliphatic rings. The number of anilines is 1. The highest BCUT2D eigenvalue weighted by Gasteiger charge is 2.16. The first kappa shape index (κ1) is 18.7. The van der Waals surface area contributed by atoms with Crippen molar-refractivity contribution in [1.82, 2.24) is 10.2 Å². The van der Waals surface area contributed by atoms with Gasteiger partial charge >= 0.3 is 0 Å². The number of hydrogen-bond donors (Lipinski definition) is 2. The fraction of sp³-hybridized carbons (Fsp3) is 0.611. The molecule has 22 heavy (non-hydrogen) atoms. The van der Waals surface area contributed by atoms with Crippen molar-refractivity contribution in [3.05, 3.63) is 29.8 Å². The minimum atomic E-state index is -0.0388. The number of carbonyl (C=O) groups excluding carboxylic acids is 1. The van der Waals surface area contributed by atoms with Gasteiger partial charge in [0, 0.05) is 31.2 Å². The second-order valence-electron chi connectivity index (χ2n) is 6.78. The van der Waals surface area contributed by atoms with Gasteiger partial charge in [-0.25, -0.2) is 0 Å². The molecule has 0 radical (unpaired) electrons. The molecule has 0 aliphatic heterocycles. The molecule has 4 heteroatoms. The van der Waals surface area contributed by atoms with Gasteiger partial charge < -0.3 is 15.5 Å². The molecule has 1 aromatic carbocycles. The lowest BCUT2D eigenvalue weighted by Gasteiger charge is -2.28. The van der Waals surface area contributed by atoms with Crippen LogP contribution in [0.3, 0.4) is 0 Å². The highest BCUT2D eigenvalue weighted by Crippen LogP contribution is 2.19. The molecule has 0 aliphatic carbocycles. The normalized spacial score (nSPS) is 14.2. The van der Waals surface area contributed by atoms with Crippen molar-refractivity contribution in [3.63, 3.8) is 0 Å². The number of carbonyl (C=O) groups is 1. The van der Waals surface area contributed by atoms with E-state index in [1.54, 1.807) is 0 Å². The maximum atomic E-state index is 11.2. The molecule has 0 saturated heterocycles. The summed E-state index contributed by atoms with van der Waals surface area (Å²) in [6, 6.07) is 8.75. The zero-order chi connectivity index (χ0) is 16.7. The van der Waals surface area contributed by atoms with Gasteiger partial charge in [0.2, 0.25) is 5.91 Å². The Bertz CT molecular complexity index is 461. The van der Waals surface area contributed by atoms with Crippen LogP contribution in [0.1, 0.15) is 45.7 Å². The molecule has 2 N–H and O–H groups in total. The SMILES string of the molecule is CC(=O)Nc1cccc(C(C)NC(CC(C)C)CN(C)C)c1. The van der Waals surface area contributed by atoms with Crippen LogP contribution >= 0.6 is 0 Å². The lowest BCUT2D eigenvalue weighted by Crippen LogP contribution is -2.40. The van der Waals surface area contributed by atoms with Gasteiger partial charge in [0.05, 0.1) is 0 Å². The van der Waals surface area contributed by atoms with E-state index in [1.807, 2.05) is 18.2 Å². The molecule has 0 spiro atoms. The summed E-state index contributed by atoms with van der Waals surface area (Å²) in [4.78, 5) is 13.4. The van der Waals surface area contributed by atoms with Crippen LogP contribution in [-0.4, -0.2) is 37.5 Å². The average molecular weight is 305 g/mol. The summed E-state index contributed by atoms with van der Waals surface area (Å²) in [5.41, 5.74) is 2.05. The third-order valence-electron chi connectivity index (χ3n) is 3.53. The Morgan fingerprint density at radius 2 is 1.91 bits per heavy atom. The van der Waals surface area contributed by atoms with Crippen LogP contribution in [0.2, 0.25) is 0 Å². The van der Waals surface area contributed by atoms with Gasteiger partial charge in [-0.1, -0.05) is 26.0 Å². The van der Waals surface area contributed by atoms with Crippen LogP contribution in [0.4, 0.5) is 5.69 Å². The quantitative estimate of drug-likeness (QED) is 0.775. The number of rotatable bonds is 8. The Balaban J connectivity index is 2.75. The topological polar surface area (TPSA) is 44.4 Å². The largest absolute Gasteiger partial charge is 0.326 e. The lowest BCUT2D eigenvalue weighted by molar-refractivity contribution is -0.114. The summed E-state index contributed by atoms with van der Waals surface area (Å²) in [6.45, 7) is 9.24. The summed E-state index contributed by atoms with van der Waals surface area (Å²) in [5, 5.41) is 6.56. The maximum absolute atomic E-state index is 11.2. The first-order valence-electron chi connectivity index (χ1n) is 8.06. The van der Waals surface area contributed by atoms with Crippen molar-refractivity contribution in [2.75, 3.05) is 26.0 Å². The van der Waals surface area contributed by atoms with E-state index in [0.29, 0.717) is 12.0 Å². The van der Waals surface area contributed by atoms with Crippen molar-refractivity contribution in [1.29, 1.82) is 0 Å². The zero-order valence-electron chi connectivity index (χ0n) is 14.8. The van der Waals surface area contributed by atoms with Gasteiger partial charge in [-0.05, 0) is 51.1 Å². The standard InChI is InChI=1S/C18H31N3O/c1-13(2)10-18(12-21(5)6)19-14(3)16-8-7-9-17(11-16)20-15(4)22/h7-9,11,13-14,18-19H,10,12H2,1-6H3,(H,20,22). The summed E-state index contributed by atoms with van der Waals surface area (Å²) >= 11 is 0. The fourth-order valence-corrected chi connectivity index (χ4v) is 2.74. The van der Waals surface area contributed by atoms with E-state index in [2.05, 4.69) is 56.5 Å². The van der Waals surface area contributed by atoms with Crippen LogP contribution in [-0.2, 0) is 4.79 Å². The van der Waals surface area contributed by atoms with Gasteiger partial charge in [-0.2, -0.15) is 0 Å². The van der Waals surface area contributed by atoms with Crippen LogP contribution in [0.25, 0.3) is 0 Å². The minimum Gasteiger partial charge on any atom is -0.326 e. The van der Waals surface area contributed by atoms with E-state index in [0.717, 1.165) is 18.7 Å². The maximum Gasteiger partial charge on any atom is 0.221 e. The predicted molar refractivity (Wildman–Crippen MR) is 94.1 cm³/mol. The molecule has 0 aromatic heterocycles. The van der Waals surface area contributed by atoms with Crippen molar-refractivity contribution < 1.29 is 4.79 Å². The molecule has 2 atom stereocenters. The van der Waals surface area contributed by atoms with Crippen molar-refractivity contribution in [2.45, 2.75) is 46.2 Å². The molecule has 0 heterocycles. The molecule has 0 bridgehead atoms. The summed E-state index contributed by atoms with van der Waals surface area (Å²) < 4.78 is 0. The molecule has 1 aromatic rings. The Morgan fingerprint density at radius 3 is 2.45 bits per heavy atom. The van der Waals surface area contributed by atoms with E-state index in [-0.39, 0.29) is 11.9 Å². The molecule has 1 amide bonds. The molecular formula is C18H31N3O. The Kier molecular flexibility index (Phi) is 7.56. The van der Waals surface area contributed by atoms with E-state index in [4.69, 9.17) is 0 Å². The molecule has 124 valence electrons. The Hall–Kier alpha value is -1.39. The van der Waals surface area contributed by atoms with Gasteiger partial charge in [0.1, 0.15) is 0 Å². The molecule has 4 nitrogen and oxygen atoms in total. The first-order chi connectivity index (χ1) is 10.3. The van der Waals surface area contributed by atoms with Crippen LogP contribution in [0.15, 0.2) is 24.3 Å². The van der Waals surface area contributed by atoms with Gasteiger partial charge in [0.15, 0.2) is 0 Å². The second kappa shape index (κ2) is 8.91. The molecule has 2 unspecified atom stereocenters. The average Bonchev–Trinajstić information content (AvgIpc) is 2.36. The Labute approximate surface area is 135 Å². The number of amides is 1. The van der Waals surface area contributed by atoms with Crippen LogP contribution < -0.4 is 10.6 Å². The number of likely N-dealkylation sites (N-methyl/N-ethyl adjacent to an activating group) is 1. The zero-order valence-corrected chi connectivity index (χ0v) is 14.8. The molecular weight excluding hydrogens is 274 g/mol. The van der Waals surface area contributed by atoms with Crippen molar-refractivity contribution in [3.8, 4) is 0 Å². The summed E-state index contributed by atoms with van der Waals surface area (Å²) in [7, 11) is 4.22. The molecule has 0 saturated carbocycles. The third kappa shape index (κ3) is 7.05. The third-order valence-corrected chi connectivity index (χ3v) is 3.53. The smallest absolute Gasteiger partial charge is 0.221 e. The van der Waals surface area contributed by atoms with E-state index >= 15 is 0 Å². The van der Waals surface area contributed by atoms with Gasteiger partial charge in [-0.15, -0.1) is 0 Å². The summed E-state index contributed by atoms with van der Waals surface area (Å²) in [5.74, 6) is 0.624. The first-order valence-corrected chi connectivity index (χ1v) is 8.06. The second-order valence-corrected chi connectivity index (χ2v) is 6.78. The number of hydrogen-bond acceptors (Lipinski definition) is 3. The minimum absolute atomic E-state index is 0.0388. The monoisotopic (exact) mass is 305 g/mol. The fourth-order valence-electron chi connectivity index (χ4n) is 2.74. The summed E-state index contributed by atoms with van der Waals surface area (Å²) in [6.07, 6.45) is 1.15. The molecule has 0 fully saturated rings. The lowest BCUT2D eigenvalue weighted by atomic mass is 10.0. The Morgan fingerprint density at radius 1 is 1.23 bits per heavy atom. The van der Waals surface area contributed by atoms with E-state index in [1.165, 1.54) is 12.5 Å².